The summed E-state index contributed by atoms with van der Waals surface area (Å²) in [4.78, 5) is 15.8. The number of benzene rings is 2. The van der Waals surface area contributed by atoms with Crippen LogP contribution in [-0.4, -0.2) is 11.9 Å². The van der Waals surface area contributed by atoms with Gasteiger partial charge in [-0.25, -0.2) is 4.39 Å². The van der Waals surface area contributed by atoms with Crippen LogP contribution in [0.5, 0.6) is 0 Å². The lowest BCUT2D eigenvalue weighted by Gasteiger charge is -2.14. The average molecular weight is 285 g/mol. The molecule has 2 rings (SSSR count). The number of nitrogens with two attached hydrogens (primary N) is 2. The Balaban J connectivity index is 2.35. The summed E-state index contributed by atoms with van der Waals surface area (Å²) in [6.07, 6.45) is 0.201. The Bertz CT molecular complexity index is 652. The van der Waals surface area contributed by atoms with Crippen molar-refractivity contribution in [1.82, 2.24) is 0 Å². The molecule has 0 saturated heterocycles. The molecular weight excluding hydrogens is 269 g/mol. The third kappa shape index (κ3) is 3.89. The van der Waals surface area contributed by atoms with Gasteiger partial charge in [0.1, 0.15) is 5.82 Å². The standard InChI is InChI=1S/C16H16FN3O/c17-14-9-5-4-8-12(14)10-13(15(21)20-16(18)19)11-6-2-1-3-7-11/h1-9,13H,10H2,(H4,18,19,20,21)/t13-/m1/s1. The third-order valence-corrected chi connectivity index (χ3v) is 3.12. The number of amides is 1. The molecule has 1 atom stereocenters. The van der Waals surface area contributed by atoms with Crippen LogP contribution in [-0.2, 0) is 11.2 Å². The number of carbonyl (C=O) groups excluding carboxylic acids is 1. The Morgan fingerprint density at radius 3 is 2.29 bits per heavy atom. The van der Waals surface area contributed by atoms with Crippen LogP contribution in [0.2, 0.25) is 0 Å². The molecule has 2 aromatic carbocycles. The van der Waals surface area contributed by atoms with Crippen LogP contribution in [0.3, 0.4) is 0 Å². The smallest absolute Gasteiger partial charge is 0.256 e. The zero-order valence-electron chi connectivity index (χ0n) is 11.4. The summed E-state index contributed by atoms with van der Waals surface area (Å²) >= 11 is 0. The molecule has 0 radical (unpaired) electrons. The van der Waals surface area contributed by atoms with Gasteiger partial charge in [-0.2, -0.15) is 4.99 Å². The van der Waals surface area contributed by atoms with E-state index in [4.69, 9.17) is 11.5 Å². The number of nitrogens with zero attached hydrogens (tertiary/aromatic N) is 1. The van der Waals surface area contributed by atoms with Gasteiger partial charge in [0.15, 0.2) is 5.96 Å². The maximum Gasteiger partial charge on any atom is 0.256 e. The molecule has 21 heavy (non-hydrogen) atoms. The van der Waals surface area contributed by atoms with Crippen LogP contribution in [0.1, 0.15) is 17.0 Å². The Morgan fingerprint density at radius 1 is 1.05 bits per heavy atom. The topological polar surface area (TPSA) is 81.5 Å². The van der Waals surface area contributed by atoms with Gasteiger partial charge in [-0.3, -0.25) is 4.79 Å². The van der Waals surface area contributed by atoms with Gasteiger partial charge < -0.3 is 11.5 Å². The first-order valence-electron chi connectivity index (χ1n) is 6.49. The first kappa shape index (κ1) is 14.7. The molecule has 0 heterocycles. The molecule has 0 bridgehead atoms. The van der Waals surface area contributed by atoms with Gasteiger partial charge in [0.05, 0.1) is 5.92 Å². The zero-order valence-corrected chi connectivity index (χ0v) is 11.4. The molecule has 0 saturated carbocycles. The van der Waals surface area contributed by atoms with E-state index in [0.29, 0.717) is 5.56 Å². The Morgan fingerprint density at radius 2 is 1.67 bits per heavy atom. The number of halogens is 1. The summed E-state index contributed by atoms with van der Waals surface area (Å²) in [5.41, 5.74) is 11.7. The summed E-state index contributed by atoms with van der Waals surface area (Å²) in [5, 5.41) is 0. The molecule has 1 amide bonds. The summed E-state index contributed by atoms with van der Waals surface area (Å²) in [6, 6.07) is 15.4. The van der Waals surface area contributed by atoms with Crippen molar-refractivity contribution in [2.75, 3.05) is 0 Å². The van der Waals surface area contributed by atoms with Crippen LogP contribution >= 0.6 is 0 Å². The molecular formula is C16H16FN3O. The fraction of sp³-hybridized carbons (Fsp3) is 0.125. The number of aliphatic imine (C=N–C) groups is 1. The predicted octanol–water partition coefficient (Wildman–Crippen LogP) is 1.95. The molecule has 0 fully saturated rings. The maximum absolute atomic E-state index is 13.8. The Kier molecular flexibility index (Phi) is 4.66. The SMILES string of the molecule is NC(N)=NC(=O)[C@H](Cc1ccccc1F)c1ccccc1. The molecule has 0 aliphatic rings. The van der Waals surface area contributed by atoms with E-state index in [0.717, 1.165) is 5.56 Å². The van der Waals surface area contributed by atoms with Crippen molar-refractivity contribution in [3.05, 3.63) is 71.5 Å². The summed E-state index contributed by atoms with van der Waals surface area (Å²) in [5.74, 6) is -1.75. The van der Waals surface area contributed by atoms with Crippen LogP contribution < -0.4 is 11.5 Å². The van der Waals surface area contributed by atoms with Crippen molar-refractivity contribution in [1.29, 1.82) is 0 Å². The van der Waals surface area contributed by atoms with E-state index in [-0.39, 0.29) is 18.2 Å². The number of hydrogen-bond donors (Lipinski definition) is 2. The minimum absolute atomic E-state index is 0.201. The molecule has 0 aliphatic heterocycles. The molecule has 108 valence electrons. The van der Waals surface area contributed by atoms with Gasteiger partial charge in [0, 0.05) is 0 Å². The molecule has 0 unspecified atom stereocenters. The van der Waals surface area contributed by atoms with Crippen LogP contribution in [0.4, 0.5) is 4.39 Å². The normalized spacial score (nSPS) is 11.7. The largest absolute Gasteiger partial charge is 0.370 e. The second kappa shape index (κ2) is 6.65. The van der Waals surface area contributed by atoms with Crippen LogP contribution in [0.15, 0.2) is 59.6 Å². The van der Waals surface area contributed by atoms with Crippen molar-refractivity contribution < 1.29 is 9.18 Å². The molecule has 2 aromatic rings. The fourth-order valence-electron chi connectivity index (χ4n) is 2.12. The molecule has 0 spiro atoms. The van der Waals surface area contributed by atoms with Gasteiger partial charge in [0.2, 0.25) is 0 Å². The lowest BCUT2D eigenvalue weighted by atomic mass is 9.91. The van der Waals surface area contributed by atoms with E-state index < -0.39 is 11.8 Å². The van der Waals surface area contributed by atoms with E-state index in [1.54, 1.807) is 30.3 Å². The van der Waals surface area contributed by atoms with E-state index >= 15 is 0 Å². The first-order valence-corrected chi connectivity index (χ1v) is 6.49. The summed E-state index contributed by atoms with van der Waals surface area (Å²) < 4.78 is 13.8. The minimum Gasteiger partial charge on any atom is -0.370 e. The van der Waals surface area contributed by atoms with Gasteiger partial charge in [-0.1, -0.05) is 48.5 Å². The summed E-state index contributed by atoms with van der Waals surface area (Å²) in [6.45, 7) is 0. The molecule has 0 aliphatic carbocycles. The number of hydrogen-bond acceptors (Lipinski definition) is 1. The van der Waals surface area contributed by atoms with E-state index in [9.17, 15) is 9.18 Å². The van der Waals surface area contributed by atoms with Crippen molar-refractivity contribution in [2.24, 2.45) is 16.5 Å². The lowest BCUT2D eigenvalue weighted by molar-refractivity contribution is -0.119. The van der Waals surface area contributed by atoms with Crippen LogP contribution in [0, 0.1) is 5.82 Å². The monoisotopic (exact) mass is 285 g/mol. The van der Waals surface area contributed by atoms with Gasteiger partial charge in [-0.05, 0) is 23.6 Å². The molecule has 4 nitrogen and oxygen atoms in total. The highest BCUT2D eigenvalue weighted by atomic mass is 19.1. The second-order valence-corrected chi connectivity index (χ2v) is 4.63. The Hall–Kier alpha value is -2.69. The highest BCUT2D eigenvalue weighted by Crippen LogP contribution is 2.23. The van der Waals surface area contributed by atoms with Gasteiger partial charge in [-0.15, -0.1) is 0 Å². The molecule has 0 aromatic heterocycles. The van der Waals surface area contributed by atoms with Gasteiger partial charge >= 0.3 is 0 Å². The number of rotatable bonds is 4. The number of guanidine groups is 1. The number of carbonyl (C=O) groups is 1. The third-order valence-electron chi connectivity index (χ3n) is 3.12. The van der Waals surface area contributed by atoms with Crippen molar-refractivity contribution in [2.45, 2.75) is 12.3 Å². The van der Waals surface area contributed by atoms with Crippen LogP contribution in [0.25, 0.3) is 0 Å². The van der Waals surface area contributed by atoms with E-state index in [1.807, 2.05) is 18.2 Å². The van der Waals surface area contributed by atoms with Crippen molar-refractivity contribution >= 4 is 11.9 Å². The first-order chi connectivity index (χ1) is 10.1. The van der Waals surface area contributed by atoms with Crippen molar-refractivity contribution in [3.8, 4) is 0 Å². The van der Waals surface area contributed by atoms with Gasteiger partial charge in [0.25, 0.3) is 5.91 Å². The Labute approximate surface area is 122 Å². The van der Waals surface area contributed by atoms with Crippen molar-refractivity contribution in [3.63, 3.8) is 0 Å². The highest BCUT2D eigenvalue weighted by molar-refractivity contribution is 5.95. The van der Waals surface area contributed by atoms with E-state index in [1.165, 1.54) is 6.07 Å². The maximum atomic E-state index is 13.8. The quantitative estimate of drug-likeness (QED) is 0.665. The minimum atomic E-state index is -0.620. The highest BCUT2D eigenvalue weighted by Gasteiger charge is 2.22. The zero-order chi connectivity index (χ0) is 15.2. The average Bonchev–Trinajstić information content (AvgIpc) is 2.46. The summed E-state index contributed by atoms with van der Waals surface area (Å²) in [7, 11) is 0. The lowest BCUT2D eigenvalue weighted by Crippen LogP contribution is -2.26. The second-order valence-electron chi connectivity index (χ2n) is 4.63. The predicted molar refractivity (Wildman–Crippen MR) is 80.1 cm³/mol. The molecule has 4 N–H and O–H groups in total. The van der Waals surface area contributed by atoms with E-state index in [2.05, 4.69) is 4.99 Å². The fourth-order valence-corrected chi connectivity index (χ4v) is 2.12. The molecule has 5 heteroatoms.